The monoisotopic (exact) mass is 372 g/mol. The number of piperidine rings is 2. The lowest BCUT2D eigenvalue weighted by atomic mass is 9.63. The summed E-state index contributed by atoms with van der Waals surface area (Å²) in [5, 5.41) is 24.1. The predicted octanol–water partition coefficient (Wildman–Crippen LogP) is 1.92. The van der Waals surface area contributed by atoms with E-state index >= 15 is 0 Å². The molecule has 3 aliphatic heterocycles. The minimum atomic E-state index is -0.588. The SMILES string of the molecule is COC(=O)[C@@H]1[C@H]2C[C@H]3C4Nc5ccc(O)cc5C4CCN3C[C@@H]2CC[C@@H]1O. The van der Waals surface area contributed by atoms with Crippen molar-refractivity contribution in [2.45, 2.75) is 49.8 Å². The first-order chi connectivity index (χ1) is 13.1. The Labute approximate surface area is 159 Å². The summed E-state index contributed by atoms with van der Waals surface area (Å²) >= 11 is 0. The van der Waals surface area contributed by atoms with Crippen LogP contribution < -0.4 is 5.32 Å². The fourth-order valence-electron chi connectivity index (χ4n) is 6.35. The maximum Gasteiger partial charge on any atom is 0.311 e. The number of hydrogen-bond donors (Lipinski definition) is 3. The fourth-order valence-corrected chi connectivity index (χ4v) is 6.35. The van der Waals surface area contributed by atoms with E-state index in [1.54, 1.807) is 6.07 Å². The first-order valence-electron chi connectivity index (χ1n) is 10.2. The summed E-state index contributed by atoms with van der Waals surface area (Å²) in [6.07, 6.45) is 3.09. The third-order valence-electron chi connectivity index (χ3n) is 7.57. The van der Waals surface area contributed by atoms with Gasteiger partial charge in [-0.05, 0) is 67.8 Å². The normalized spacial score (nSPS) is 40.1. The number of aromatic hydroxyl groups is 1. The molecule has 3 heterocycles. The van der Waals surface area contributed by atoms with Gasteiger partial charge < -0.3 is 20.3 Å². The van der Waals surface area contributed by atoms with Crippen molar-refractivity contribution in [1.82, 2.24) is 4.90 Å². The number of esters is 1. The highest BCUT2D eigenvalue weighted by Crippen LogP contribution is 2.50. The number of fused-ring (bicyclic) bond motifs is 6. The van der Waals surface area contributed by atoms with Crippen molar-refractivity contribution in [3.63, 3.8) is 0 Å². The lowest BCUT2D eigenvalue weighted by Crippen LogP contribution is -2.61. The van der Waals surface area contributed by atoms with Gasteiger partial charge in [0.05, 0.1) is 19.1 Å². The standard InChI is InChI=1S/C21H28N2O4/c1-27-21(26)19-14-9-17-20-13(15-8-12(24)3-4-16(15)22-20)6-7-23(17)10-11(14)2-5-18(19)25/h3-4,8,11,13-14,17-20,22,24-25H,2,5-7,9-10H2,1H3/t11-,13?,14-,17-,18-,19+,20?/m0/s1. The van der Waals surface area contributed by atoms with Crippen molar-refractivity contribution < 1.29 is 19.7 Å². The van der Waals surface area contributed by atoms with Crippen LogP contribution in [0, 0.1) is 17.8 Å². The highest BCUT2D eigenvalue weighted by molar-refractivity contribution is 5.73. The first kappa shape index (κ1) is 17.3. The number of hydrogen-bond acceptors (Lipinski definition) is 6. The Balaban J connectivity index is 1.43. The Bertz CT molecular complexity index is 754. The van der Waals surface area contributed by atoms with Gasteiger partial charge in [0.25, 0.3) is 0 Å². The summed E-state index contributed by atoms with van der Waals surface area (Å²) in [4.78, 5) is 15.0. The van der Waals surface area contributed by atoms with Gasteiger partial charge in [-0.2, -0.15) is 0 Å². The predicted molar refractivity (Wildman–Crippen MR) is 101 cm³/mol. The summed E-state index contributed by atoms with van der Waals surface area (Å²) < 4.78 is 5.04. The minimum Gasteiger partial charge on any atom is -0.508 e. The van der Waals surface area contributed by atoms with Crippen molar-refractivity contribution in [3.05, 3.63) is 23.8 Å². The first-order valence-corrected chi connectivity index (χ1v) is 10.2. The van der Waals surface area contributed by atoms with Gasteiger partial charge >= 0.3 is 5.97 Å². The van der Waals surface area contributed by atoms with Crippen LogP contribution in [-0.4, -0.2) is 59.5 Å². The minimum absolute atomic E-state index is 0.181. The quantitative estimate of drug-likeness (QED) is 0.516. The number of rotatable bonds is 1. The van der Waals surface area contributed by atoms with Crippen LogP contribution in [0.5, 0.6) is 5.75 Å². The third-order valence-corrected chi connectivity index (χ3v) is 7.57. The Morgan fingerprint density at radius 1 is 1.30 bits per heavy atom. The molecular weight excluding hydrogens is 344 g/mol. The second kappa shape index (κ2) is 6.38. The van der Waals surface area contributed by atoms with Crippen LogP contribution in [0.3, 0.4) is 0 Å². The van der Waals surface area contributed by atoms with E-state index in [4.69, 9.17) is 4.74 Å². The number of nitrogens with one attached hydrogen (secondary N) is 1. The number of aliphatic hydroxyl groups is 1. The number of phenolic OH excluding ortho intramolecular Hbond substituents is 1. The molecule has 6 heteroatoms. The Kier molecular flexibility index (Phi) is 4.09. The number of nitrogens with zero attached hydrogens (tertiary/aromatic N) is 1. The highest BCUT2D eigenvalue weighted by Gasteiger charge is 2.52. The van der Waals surface area contributed by atoms with Crippen LogP contribution >= 0.6 is 0 Å². The van der Waals surface area contributed by atoms with E-state index in [0.29, 0.717) is 36.1 Å². The van der Waals surface area contributed by atoms with E-state index in [-0.39, 0.29) is 11.9 Å². The van der Waals surface area contributed by atoms with Gasteiger partial charge in [-0.1, -0.05) is 0 Å². The van der Waals surface area contributed by atoms with Crippen molar-refractivity contribution in [2.24, 2.45) is 17.8 Å². The maximum atomic E-state index is 12.4. The molecule has 0 amide bonds. The smallest absolute Gasteiger partial charge is 0.311 e. The fraction of sp³-hybridized carbons (Fsp3) is 0.667. The zero-order chi connectivity index (χ0) is 18.7. The molecule has 4 aliphatic rings. The molecule has 1 aromatic carbocycles. The second-order valence-corrected chi connectivity index (χ2v) is 8.75. The van der Waals surface area contributed by atoms with E-state index in [1.165, 1.54) is 12.7 Å². The van der Waals surface area contributed by atoms with E-state index in [2.05, 4.69) is 10.2 Å². The molecule has 5 rings (SSSR count). The molecule has 0 aromatic heterocycles. The molecule has 7 atom stereocenters. The van der Waals surface area contributed by atoms with Crippen molar-refractivity contribution in [1.29, 1.82) is 0 Å². The summed E-state index contributed by atoms with van der Waals surface area (Å²) in [5.41, 5.74) is 2.34. The molecule has 3 fully saturated rings. The van der Waals surface area contributed by atoms with Gasteiger partial charge in [0.2, 0.25) is 0 Å². The van der Waals surface area contributed by atoms with Crippen LogP contribution in [0.1, 0.15) is 37.2 Å². The molecule has 6 nitrogen and oxygen atoms in total. The third kappa shape index (κ3) is 2.64. The number of benzene rings is 1. The number of carbonyl (C=O) groups excluding carboxylic acids is 1. The van der Waals surface area contributed by atoms with Gasteiger partial charge in [-0.25, -0.2) is 0 Å². The number of ether oxygens (including phenoxy) is 1. The number of carbonyl (C=O) groups is 1. The number of aliphatic hydroxyl groups excluding tert-OH is 1. The molecule has 0 bridgehead atoms. The zero-order valence-corrected chi connectivity index (χ0v) is 15.7. The van der Waals surface area contributed by atoms with Crippen LogP contribution in [0.25, 0.3) is 0 Å². The zero-order valence-electron chi connectivity index (χ0n) is 15.7. The van der Waals surface area contributed by atoms with Gasteiger partial charge in [0.1, 0.15) is 5.75 Å². The van der Waals surface area contributed by atoms with Crippen LogP contribution in [0.2, 0.25) is 0 Å². The Morgan fingerprint density at radius 3 is 2.96 bits per heavy atom. The molecule has 3 N–H and O–H groups in total. The van der Waals surface area contributed by atoms with E-state index in [1.807, 2.05) is 12.1 Å². The van der Waals surface area contributed by atoms with E-state index in [0.717, 1.165) is 38.0 Å². The van der Waals surface area contributed by atoms with Gasteiger partial charge in [-0.3, -0.25) is 9.69 Å². The summed E-state index contributed by atoms with van der Waals surface area (Å²) in [6.45, 7) is 2.05. The average Bonchev–Trinajstić information content (AvgIpc) is 3.04. The van der Waals surface area contributed by atoms with Gasteiger partial charge in [-0.15, -0.1) is 0 Å². The largest absolute Gasteiger partial charge is 0.508 e. The number of phenols is 1. The Morgan fingerprint density at radius 2 is 2.15 bits per heavy atom. The molecule has 1 saturated carbocycles. The molecule has 2 saturated heterocycles. The van der Waals surface area contributed by atoms with Crippen molar-refractivity contribution in [2.75, 3.05) is 25.5 Å². The molecule has 2 unspecified atom stereocenters. The molecule has 27 heavy (non-hydrogen) atoms. The number of methoxy groups -OCH3 is 1. The van der Waals surface area contributed by atoms with Gasteiger partial charge in [0.15, 0.2) is 0 Å². The van der Waals surface area contributed by atoms with Crippen molar-refractivity contribution >= 4 is 11.7 Å². The summed E-state index contributed by atoms with van der Waals surface area (Å²) in [5.74, 6) is 0.700. The number of anilines is 1. The highest BCUT2D eigenvalue weighted by atomic mass is 16.5. The lowest BCUT2D eigenvalue weighted by molar-refractivity contribution is -0.160. The van der Waals surface area contributed by atoms with E-state index < -0.39 is 12.0 Å². The molecule has 0 spiro atoms. The average molecular weight is 372 g/mol. The summed E-state index contributed by atoms with van der Waals surface area (Å²) in [6, 6.07) is 6.25. The topological polar surface area (TPSA) is 82.0 Å². The molecule has 1 aromatic rings. The van der Waals surface area contributed by atoms with Crippen LogP contribution in [-0.2, 0) is 9.53 Å². The van der Waals surface area contributed by atoms with Crippen molar-refractivity contribution in [3.8, 4) is 5.75 Å². The molecule has 146 valence electrons. The van der Waals surface area contributed by atoms with Crippen LogP contribution in [0.15, 0.2) is 18.2 Å². The molecule has 1 aliphatic carbocycles. The molecule has 0 radical (unpaired) electrons. The Hall–Kier alpha value is -1.79. The summed E-state index contributed by atoms with van der Waals surface area (Å²) in [7, 11) is 1.42. The van der Waals surface area contributed by atoms with E-state index in [9.17, 15) is 15.0 Å². The van der Waals surface area contributed by atoms with Gasteiger partial charge in [0, 0.05) is 30.2 Å². The molecular formula is C21H28N2O4. The maximum absolute atomic E-state index is 12.4. The lowest BCUT2D eigenvalue weighted by Gasteiger charge is -2.54. The second-order valence-electron chi connectivity index (χ2n) is 8.75. The van der Waals surface area contributed by atoms with Crippen LogP contribution in [0.4, 0.5) is 5.69 Å².